The number of halogens is 1. The second kappa shape index (κ2) is 6.91. The van der Waals surface area contributed by atoms with Crippen LogP contribution in [-0.4, -0.2) is 25.3 Å². The van der Waals surface area contributed by atoms with Gasteiger partial charge in [0.25, 0.3) is 0 Å². The topological polar surface area (TPSA) is 50.4 Å². The molecule has 1 atom stereocenters. The quantitative estimate of drug-likeness (QED) is 0.892. The Labute approximate surface area is 123 Å². The van der Waals surface area contributed by atoms with Gasteiger partial charge < -0.3 is 15.4 Å². The summed E-state index contributed by atoms with van der Waals surface area (Å²) in [7, 11) is 1.85. The van der Waals surface area contributed by atoms with Crippen LogP contribution in [0.15, 0.2) is 28.7 Å². The third-order valence-electron chi connectivity index (χ3n) is 2.38. The second-order valence-electron chi connectivity index (χ2n) is 5.28. The first-order chi connectivity index (χ1) is 8.83. The number of nitrogens with one attached hydrogen (secondary N) is 2. The van der Waals surface area contributed by atoms with Gasteiger partial charge in [0.05, 0.1) is 6.04 Å². The Hall–Kier alpha value is -1.07. The molecule has 0 fully saturated rings. The van der Waals surface area contributed by atoms with Gasteiger partial charge in [-0.2, -0.15) is 0 Å². The molecule has 4 nitrogen and oxygen atoms in total. The zero-order valence-electron chi connectivity index (χ0n) is 11.8. The van der Waals surface area contributed by atoms with Crippen molar-refractivity contribution in [3.63, 3.8) is 0 Å². The van der Waals surface area contributed by atoms with Crippen molar-refractivity contribution in [3.8, 4) is 0 Å². The van der Waals surface area contributed by atoms with Crippen LogP contribution >= 0.6 is 15.9 Å². The van der Waals surface area contributed by atoms with Crippen LogP contribution < -0.4 is 10.6 Å². The highest BCUT2D eigenvalue weighted by Crippen LogP contribution is 2.23. The maximum atomic E-state index is 11.9. The van der Waals surface area contributed by atoms with E-state index in [0.717, 1.165) is 10.0 Å². The van der Waals surface area contributed by atoms with Gasteiger partial charge in [0.2, 0.25) is 0 Å². The van der Waals surface area contributed by atoms with E-state index < -0.39 is 11.7 Å². The molecular formula is C14H21BrN2O2. The molecule has 0 aromatic heterocycles. The van der Waals surface area contributed by atoms with Gasteiger partial charge >= 0.3 is 6.09 Å². The maximum absolute atomic E-state index is 11.9. The third kappa shape index (κ3) is 5.61. The summed E-state index contributed by atoms with van der Waals surface area (Å²) >= 11 is 3.50. The fourth-order valence-corrected chi connectivity index (χ4v) is 2.21. The van der Waals surface area contributed by atoms with Gasteiger partial charge in [0, 0.05) is 11.0 Å². The standard InChI is InChI=1S/C14H21BrN2O2/c1-14(2,3)19-13(18)17-12(9-16-4)10-7-5-6-8-11(10)15/h5-8,12,16H,9H2,1-4H3,(H,17,18). The van der Waals surface area contributed by atoms with Gasteiger partial charge in [-0.3, -0.25) is 0 Å². The first-order valence-corrected chi connectivity index (χ1v) is 7.01. The summed E-state index contributed by atoms with van der Waals surface area (Å²) in [6.45, 7) is 6.16. The maximum Gasteiger partial charge on any atom is 0.408 e. The molecule has 0 saturated heterocycles. The lowest BCUT2D eigenvalue weighted by Crippen LogP contribution is -2.38. The molecule has 0 aliphatic heterocycles. The molecule has 0 spiro atoms. The average Bonchev–Trinajstić information content (AvgIpc) is 2.26. The predicted molar refractivity (Wildman–Crippen MR) is 80.2 cm³/mol. The Bertz CT molecular complexity index is 430. The van der Waals surface area contributed by atoms with Crippen molar-refractivity contribution in [2.24, 2.45) is 0 Å². The van der Waals surface area contributed by atoms with Crippen LogP contribution in [0.4, 0.5) is 4.79 Å². The Morgan fingerprint density at radius 3 is 2.53 bits per heavy atom. The van der Waals surface area contributed by atoms with Gasteiger partial charge in [-0.1, -0.05) is 34.1 Å². The monoisotopic (exact) mass is 328 g/mol. The SMILES string of the molecule is CNCC(NC(=O)OC(C)(C)C)c1ccccc1Br. The fraction of sp³-hybridized carbons (Fsp3) is 0.500. The average molecular weight is 329 g/mol. The van der Waals surface area contributed by atoms with Crippen LogP contribution in [-0.2, 0) is 4.74 Å². The number of amides is 1. The largest absolute Gasteiger partial charge is 0.444 e. The Balaban J connectivity index is 2.79. The molecule has 0 heterocycles. The number of likely N-dealkylation sites (N-methyl/N-ethyl adjacent to an activating group) is 1. The number of alkyl carbamates (subject to hydrolysis) is 1. The highest BCUT2D eigenvalue weighted by atomic mass is 79.9. The van der Waals surface area contributed by atoms with Gasteiger partial charge in [-0.15, -0.1) is 0 Å². The molecule has 1 aromatic carbocycles. The first-order valence-electron chi connectivity index (χ1n) is 6.22. The predicted octanol–water partition coefficient (Wildman–Crippen LogP) is 3.23. The normalized spacial score (nSPS) is 12.9. The molecule has 19 heavy (non-hydrogen) atoms. The highest BCUT2D eigenvalue weighted by molar-refractivity contribution is 9.10. The summed E-state index contributed by atoms with van der Waals surface area (Å²) in [6.07, 6.45) is -0.413. The van der Waals surface area contributed by atoms with Gasteiger partial charge in [0.15, 0.2) is 0 Å². The van der Waals surface area contributed by atoms with E-state index in [2.05, 4.69) is 26.6 Å². The minimum atomic E-state index is -0.498. The number of ether oxygens (including phenoxy) is 1. The van der Waals surface area contributed by atoms with Crippen molar-refractivity contribution in [1.82, 2.24) is 10.6 Å². The van der Waals surface area contributed by atoms with E-state index in [1.165, 1.54) is 0 Å². The lowest BCUT2D eigenvalue weighted by molar-refractivity contribution is 0.0503. The summed E-state index contributed by atoms with van der Waals surface area (Å²) < 4.78 is 6.25. The zero-order valence-corrected chi connectivity index (χ0v) is 13.4. The molecule has 0 aliphatic carbocycles. The smallest absolute Gasteiger partial charge is 0.408 e. The van der Waals surface area contributed by atoms with Crippen LogP contribution in [0.5, 0.6) is 0 Å². The Morgan fingerprint density at radius 2 is 2.00 bits per heavy atom. The highest BCUT2D eigenvalue weighted by Gasteiger charge is 2.21. The van der Waals surface area contributed by atoms with Crippen molar-refractivity contribution in [2.75, 3.05) is 13.6 Å². The van der Waals surface area contributed by atoms with E-state index in [-0.39, 0.29) is 6.04 Å². The van der Waals surface area contributed by atoms with E-state index in [9.17, 15) is 4.79 Å². The van der Waals surface area contributed by atoms with Crippen LogP contribution in [0.2, 0.25) is 0 Å². The first kappa shape index (κ1) is 16.0. The van der Waals surface area contributed by atoms with E-state index >= 15 is 0 Å². The lowest BCUT2D eigenvalue weighted by Gasteiger charge is -2.24. The molecule has 1 rings (SSSR count). The second-order valence-corrected chi connectivity index (χ2v) is 6.13. The summed E-state index contributed by atoms with van der Waals surface area (Å²) in [5.41, 5.74) is 0.519. The minimum absolute atomic E-state index is 0.143. The van der Waals surface area contributed by atoms with Crippen LogP contribution in [0.25, 0.3) is 0 Å². The summed E-state index contributed by atoms with van der Waals surface area (Å²) in [6, 6.07) is 7.67. The molecule has 1 amide bonds. The van der Waals surface area contributed by atoms with Crippen molar-refractivity contribution >= 4 is 22.0 Å². The summed E-state index contributed by atoms with van der Waals surface area (Å²) in [5.74, 6) is 0. The minimum Gasteiger partial charge on any atom is -0.444 e. The fourth-order valence-electron chi connectivity index (χ4n) is 1.65. The van der Waals surface area contributed by atoms with Crippen molar-refractivity contribution < 1.29 is 9.53 Å². The van der Waals surface area contributed by atoms with E-state index in [1.54, 1.807) is 0 Å². The van der Waals surface area contributed by atoms with Gasteiger partial charge in [-0.05, 0) is 39.4 Å². The van der Waals surface area contributed by atoms with Crippen LogP contribution in [0.1, 0.15) is 32.4 Å². The summed E-state index contributed by atoms with van der Waals surface area (Å²) in [4.78, 5) is 11.9. The number of hydrogen-bond acceptors (Lipinski definition) is 3. The number of rotatable bonds is 4. The van der Waals surface area contributed by atoms with E-state index in [1.807, 2.05) is 52.1 Å². The number of hydrogen-bond donors (Lipinski definition) is 2. The van der Waals surface area contributed by atoms with Crippen molar-refractivity contribution in [3.05, 3.63) is 34.3 Å². The molecular weight excluding hydrogens is 308 g/mol. The molecule has 1 unspecified atom stereocenters. The zero-order chi connectivity index (χ0) is 14.5. The Morgan fingerprint density at radius 1 is 1.37 bits per heavy atom. The Kier molecular flexibility index (Phi) is 5.82. The molecule has 1 aromatic rings. The van der Waals surface area contributed by atoms with E-state index in [4.69, 9.17) is 4.74 Å². The number of carbonyl (C=O) groups excluding carboxylic acids is 1. The number of benzene rings is 1. The molecule has 106 valence electrons. The molecule has 5 heteroatoms. The molecule has 0 aliphatic rings. The van der Waals surface area contributed by atoms with E-state index in [0.29, 0.717) is 6.54 Å². The van der Waals surface area contributed by atoms with Crippen LogP contribution in [0.3, 0.4) is 0 Å². The molecule has 2 N–H and O–H groups in total. The van der Waals surface area contributed by atoms with Gasteiger partial charge in [-0.25, -0.2) is 4.79 Å². The number of carbonyl (C=O) groups is 1. The molecule has 0 bridgehead atoms. The molecule has 0 saturated carbocycles. The van der Waals surface area contributed by atoms with Crippen molar-refractivity contribution in [2.45, 2.75) is 32.4 Å². The van der Waals surface area contributed by atoms with Crippen molar-refractivity contribution in [1.29, 1.82) is 0 Å². The van der Waals surface area contributed by atoms with Crippen LogP contribution in [0, 0.1) is 0 Å². The van der Waals surface area contributed by atoms with Gasteiger partial charge in [0.1, 0.15) is 5.60 Å². The molecule has 0 radical (unpaired) electrons. The summed E-state index contributed by atoms with van der Waals surface area (Å²) in [5, 5.41) is 5.95. The lowest BCUT2D eigenvalue weighted by atomic mass is 10.1. The third-order valence-corrected chi connectivity index (χ3v) is 3.10.